The fourth-order valence-electron chi connectivity index (χ4n) is 3.86. The first kappa shape index (κ1) is 24.8. The van der Waals surface area contributed by atoms with Gasteiger partial charge in [-0.15, -0.1) is 0 Å². The first-order valence-electron chi connectivity index (χ1n) is 11.2. The number of fused-ring (bicyclic) bond motifs is 1. The molecule has 1 unspecified atom stereocenters. The number of amides is 2. The quantitative estimate of drug-likeness (QED) is 0.378. The Balaban J connectivity index is 2.01. The first-order chi connectivity index (χ1) is 16.3. The largest absolute Gasteiger partial charge is 0.322 e. The van der Waals surface area contributed by atoms with Gasteiger partial charge in [-0.25, -0.2) is 9.78 Å². The summed E-state index contributed by atoms with van der Waals surface area (Å²) in [5.41, 5.74) is 0.847. The fraction of sp³-hybridized carbons (Fsp3) is 0.375. The Morgan fingerprint density at radius 3 is 2.38 bits per heavy atom. The number of nitrogens with one attached hydrogen (secondary N) is 1. The zero-order valence-electron chi connectivity index (χ0n) is 19.9. The molecular formula is C24H30N6O4. The number of hydrogen-bond acceptors (Lipinski definition) is 6. The molecular weight excluding hydrogens is 436 g/mol. The van der Waals surface area contributed by atoms with Crippen LogP contribution in [0.15, 0.2) is 53.3 Å². The lowest BCUT2D eigenvalue weighted by molar-refractivity contribution is -0.384. The average Bonchev–Trinajstić information content (AvgIpc) is 2.82. The number of benzene rings is 2. The van der Waals surface area contributed by atoms with Gasteiger partial charge in [-0.3, -0.25) is 19.5 Å². The van der Waals surface area contributed by atoms with Gasteiger partial charge in [0.25, 0.3) is 11.2 Å². The summed E-state index contributed by atoms with van der Waals surface area (Å²) < 4.78 is 1.62. The molecule has 0 saturated heterocycles. The van der Waals surface area contributed by atoms with Gasteiger partial charge in [-0.2, -0.15) is 0 Å². The van der Waals surface area contributed by atoms with Crippen molar-refractivity contribution < 1.29 is 9.72 Å². The van der Waals surface area contributed by atoms with Crippen LogP contribution in [0.4, 0.5) is 16.2 Å². The van der Waals surface area contributed by atoms with Crippen molar-refractivity contribution >= 4 is 28.3 Å². The molecule has 0 bridgehead atoms. The summed E-state index contributed by atoms with van der Waals surface area (Å²) in [7, 11) is 3.84. The number of hydrogen-bond donors (Lipinski definition) is 1. The van der Waals surface area contributed by atoms with Gasteiger partial charge in [0, 0.05) is 37.5 Å². The van der Waals surface area contributed by atoms with Gasteiger partial charge in [0.05, 0.1) is 21.9 Å². The SMILES string of the molecule is CCC(c1nc2ccccc2c(=O)n1CC)N(CCN(C)C)C(=O)Nc1ccc([N+](=O)[O-])cc1. The second-order valence-electron chi connectivity index (χ2n) is 8.19. The van der Waals surface area contributed by atoms with E-state index in [1.165, 1.54) is 24.3 Å². The smallest absolute Gasteiger partial charge is 0.313 e. The maximum Gasteiger partial charge on any atom is 0.322 e. The highest BCUT2D eigenvalue weighted by Gasteiger charge is 2.28. The van der Waals surface area contributed by atoms with E-state index in [1.807, 2.05) is 45.0 Å². The van der Waals surface area contributed by atoms with Crippen molar-refractivity contribution in [3.63, 3.8) is 0 Å². The third-order valence-corrected chi connectivity index (χ3v) is 5.65. The number of likely N-dealkylation sites (N-methyl/N-ethyl adjacent to an activating group) is 1. The van der Waals surface area contributed by atoms with Crippen LogP contribution < -0.4 is 10.9 Å². The Bertz CT molecular complexity index is 1220. The molecule has 2 amide bonds. The van der Waals surface area contributed by atoms with E-state index in [2.05, 4.69) is 5.32 Å². The number of nitrogens with zero attached hydrogens (tertiary/aromatic N) is 5. The number of carbonyl (C=O) groups excluding carboxylic acids is 1. The minimum absolute atomic E-state index is 0.0544. The molecule has 3 aromatic rings. The van der Waals surface area contributed by atoms with E-state index in [4.69, 9.17) is 4.98 Å². The van der Waals surface area contributed by atoms with Crippen molar-refractivity contribution in [1.29, 1.82) is 0 Å². The summed E-state index contributed by atoms with van der Waals surface area (Å²) in [6.07, 6.45) is 0.548. The molecule has 2 aromatic carbocycles. The predicted octanol–water partition coefficient (Wildman–Crippen LogP) is 3.87. The van der Waals surface area contributed by atoms with Gasteiger partial charge in [-0.05, 0) is 51.7 Å². The summed E-state index contributed by atoms with van der Waals surface area (Å²) in [5, 5.41) is 14.3. The number of aromatic nitrogens is 2. The standard InChI is InChI=1S/C24H30N6O4/c1-5-21(22-26-20-10-8-7-9-19(20)23(31)28(22)6-2)29(16-15-27(3)4)24(32)25-17-11-13-18(14-12-17)30(33)34/h7-14,21H,5-6,15-16H2,1-4H3,(H,25,32). The van der Waals surface area contributed by atoms with Crippen LogP contribution >= 0.6 is 0 Å². The lowest BCUT2D eigenvalue weighted by Crippen LogP contribution is -2.44. The molecule has 0 aliphatic rings. The van der Waals surface area contributed by atoms with Crippen LogP contribution in [0.1, 0.15) is 32.1 Å². The highest BCUT2D eigenvalue weighted by atomic mass is 16.6. The van der Waals surface area contributed by atoms with E-state index in [-0.39, 0.29) is 17.3 Å². The molecule has 34 heavy (non-hydrogen) atoms. The van der Waals surface area contributed by atoms with Crippen LogP contribution in [0.2, 0.25) is 0 Å². The van der Waals surface area contributed by atoms with Crippen LogP contribution in [-0.4, -0.2) is 57.5 Å². The minimum Gasteiger partial charge on any atom is -0.313 e. The average molecular weight is 467 g/mol. The molecule has 0 fully saturated rings. The monoisotopic (exact) mass is 466 g/mol. The molecule has 1 N–H and O–H groups in total. The molecule has 0 spiro atoms. The molecule has 0 saturated carbocycles. The summed E-state index contributed by atoms with van der Waals surface area (Å²) in [5.74, 6) is 0.534. The molecule has 10 nitrogen and oxygen atoms in total. The topological polar surface area (TPSA) is 114 Å². The predicted molar refractivity (Wildman–Crippen MR) is 132 cm³/mol. The van der Waals surface area contributed by atoms with E-state index in [0.29, 0.717) is 48.5 Å². The van der Waals surface area contributed by atoms with E-state index >= 15 is 0 Å². The maximum atomic E-state index is 13.4. The van der Waals surface area contributed by atoms with Crippen molar-refractivity contribution in [1.82, 2.24) is 19.4 Å². The van der Waals surface area contributed by atoms with Crippen LogP contribution in [-0.2, 0) is 6.54 Å². The Morgan fingerprint density at radius 2 is 1.79 bits per heavy atom. The first-order valence-corrected chi connectivity index (χ1v) is 11.2. The van der Waals surface area contributed by atoms with Crippen molar-refractivity contribution in [3.05, 3.63) is 74.8 Å². The third kappa shape index (κ3) is 5.40. The number of nitro benzene ring substituents is 1. The number of rotatable bonds is 9. The van der Waals surface area contributed by atoms with E-state index in [9.17, 15) is 19.7 Å². The Kier molecular flexibility index (Phi) is 7.95. The lowest BCUT2D eigenvalue weighted by atomic mass is 10.1. The normalized spacial score (nSPS) is 12.0. The van der Waals surface area contributed by atoms with Crippen molar-refractivity contribution in [2.24, 2.45) is 0 Å². The number of nitro groups is 1. The van der Waals surface area contributed by atoms with Gasteiger partial charge in [-0.1, -0.05) is 19.1 Å². The molecule has 0 aliphatic carbocycles. The number of para-hydroxylation sites is 1. The van der Waals surface area contributed by atoms with Crippen molar-refractivity contribution in [2.75, 3.05) is 32.5 Å². The van der Waals surface area contributed by atoms with Gasteiger partial charge in [0.15, 0.2) is 0 Å². The number of non-ortho nitro benzene ring substituents is 1. The van der Waals surface area contributed by atoms with Crippen molar-refractivity contribution in [3.8, 4) is 0 Å². The van der Waals surface area contributed by atoms with Gasteiger partial charge in [0.1, 0.15) is 5.82 Å². The summed E-state index contributed by atoms with van der Waals surface area (Å²) in [4.78, 5) is 45.5. The molecule has 0 radical (unpaired) electrons. The van der Waals surface area contributed by atoms with Crippen molar-refractivity contribution in [2.45, 2.75) is 32.9 Å². The molecule has 10 heteroatoms. The fourth-order valence-corrected chi connectivity index (χ4v) is 3.86. The minimum atomic E-state index is -0.489. The van der Waals surface area contributed by atoms with Gasteiger partial charge in [0.2, 0.25) is 0 Å². The van der Waals surface area contributed by atoms with Gasteiger partial charge < -0.3 is 15.1 Å². The number of carbonyl (C=O) groups is 1. The Labute approximate surface area is 198 Å². The highest BCUT2D eigenvalue weighted by Crippen LogP contribution is 2.25. The second-order valence-corrected chi connectivity index (χ2v) is 8.19. The zero-order chi connectivity index (χ0) is 24.8. The molecule has 0 aliphatic heterocycles. The molecule has 1 atom stereocenters. The summed E-state index contributed by atoms with van der Waals surface area (Å²) in [6, 6.07) is 12.1. The van der Waals surface area contributed by atoms with E-state index < -0.39 is 11.0 Å². The van der Waals surface area contributed by atoms with E-state index in [1.54, 1.807) is 21.6 Å². The number of anilines is 1. The van der Waals surface area contributed by atoms with Crippen LogP contribution in [0.25, 0.3) is 10.9 Å². The molecule has 180 valence electrons. The summed E-state index contributed by atoms with van der Waals surface area (Å²) >= 11 is 0. The second kappa shape index (κ2) is 10.9. The van der Waals surface area contributed by atoms with Crippen LogP contribution in [0.5, 0.6) is 0 Å². The third-order valence-electron chi connectivity index (χ3n) is 5.65. The molecule has 3 rings (SSSR count). The summed E-state index contributed by atoms with van der Waals surface area (Å²) in [6.45, 7) is 5.27. The highest BCUT2D eigenvalue weighted by molar-refractivity contribution is 5.89. The zero-order valence-corrected chi connectivity index (χ0v) is 19.9. The lowest BCUT2D eigenvalue weighted by Gasteiger charge is -2.33. The molecule has 1 aromatic heterocycles. The van der Waals surface area contributed by atoms with Gasteiger partial charge >= 0.3 is 6.03 Å². The molecule has 1 heterocycles. The maximum absolute atomic E-state index is 13.4. The van der Waals surface area contributed by atoms with Crippen LogP contribution in [0.3, 0.4) is 0 Å². The van der Waals surface area contributed by atoms with Crippen LogP contribution in [0, 0.1) is 10.1 Å². The Hall–Kier alpha value is -3.79. The van der Waals surface area contributed by atoms with E-state index in [0.717, 1.165) is 0 Å². The Morgan fingerprint density at radius 1 is 1.12 bits per heavy atom. The number of urea groups is 1.